The SMILES string of the molecule is CC1CCC(C#N)(N2CCCS2(=O)=O)CC1. The molecular weight excluding hydrogens is 224 g/mol. The maximum absolute atomic E-state index is 11.9. The first-order chi connectivity index (χ1) is 7.50. The van der Waals surface area contributed by atoms with E-state index in [1.54, 1.807) is 0 Å². The molecule has 1 saturated carbocycles. The second-order valence-electron chi connectivity index (χ2n) is 5.07. The minimum Gasteiger partial charge on any atom is -0.212 e. The fourth-order valence-electron chi connectivity index (χ4n) is 2.78. The Balaban J connectivity index is 2.26. The summed E-state index contributed by atoms with van der Waals surface area (Å²) in [5, 5.41) is 9.36. The Morgan fingerprint density at radius 3 is 2.44 bits per heavy atom. The van der Waals surface area contributed by atoms with Crippen LogP contribution in [0.1, 0.15) is 39.0 Å². The van der Waals surface area contributed by atoms with Gasteiger partial charge in [0.05, 0.1) is 11.8 Å². The lowest BCUT2D eigenvalue weighted by atomic mass is 9.78. The molecule has 0 unspecified atom stereocenters. The van der Waals surface area contributed by atoms with Crippen molar-refractivity contribution in [2.45, 2.75) is 44.6 Å². The monoisotopic (exact) mass is 242 g/mol. The van der Waals surface area contributed by atoms with E-state index in [9.17, 15) is 13.7 Å². The lowest BCUT2D eigenvalue weighted by molar-refractivity contribution is 0.169. The van der Waals surface area contributed by atoms with Crippen LogP contribution in [-0.2, 0) is 10.0 Å². The van der Waals surface area contributed by atoms with E-state index in [2.05, 4.69) is 13.0 Å². The van der Waals surface area contributed by atoms with E-state index in [1.165, 1.54) is 4.31 Å². The van der Waals surface area contributed by atoms with Crippen molar-refractivity contribution in [1.29, 1.82) is 5.26 Å². The smallest absolute Gasteiger partial charge is 0.212 e. The van der Waals surface area contributed by atoms with Gasteiger partial charge in [0, 0.05) is 6.54 Å². The third kappa shape index (κ3) is 1.85. The average Bonchev–Trinajstić information content (AvgIpc) is 2.61. The molecule has 0 aromatic rings. The van der Waals surface area contributed by atoms with Gasteiger partial charge in [-0.1, -0.05) is 6.92 Å². The van der Waals surface area contributed by atoms with Crippen LogP contribution in [0, 0.1) is 17.2 Å². The summed E-state index contributed by atoms with van der Waals surface area (Å²) in [7, 11) is -3.16. The van der Waals surface area contributed by atoms with Gasteiger partial charge in [-0.25, -0.2) is 8.42 Å². The molecule has 0 amide bonds. The summed E-state index contributed by atoms with van der Waals surface area (Å²) in [4.78, 5) is 0. The topological polar surface area (TPSA) is 61.2 Å². The van der Waals surface area contributed by atoms with E-state index >= 15 is 0 Å². The maximum Gasteiger partial charge on any atom is 0.215 e. The molecule has 0 N–H and O–H groups in total. The Morgan fingerprint density at radius 1 is 1.38 bits per heavy atom. The Hall–Kier alpha value is -0.600. The number of nitrogens with zero attached hydrogens (tertiary/aromatic N) is 2. The highest BCUT2D eigenvalue weighted by atomic mass is 32.2. The van der Waals surface area contributed by atoms with Gasteiger partial charge in [0.2, 0.25) is 10.0 Å². The van der Waals surface area contributed by atoms with Gasteiger partial charge in [0.15, 0.2) is 0 Å². The highest BCUT2D eigenvalue weighted by Gasteiger charge is 2.47. The van der Waals surface area contributed by atoms with Crippen LogP contribution in [0.2, 0.25) is 0 Å². The second-order valence-corrected chi connectivity index (χ2v) is 7.08. The summed E-state index contributed by atoms with van der Waals surface area (Å²) >= 11 is 0. The maximum atomic E-state index is 11.9. The Kier molecular flexibility index (Phi) is 2.97. The Labute approximate surface area is 97.3 Å². The molecule has 2 fully saturated rings. The van der Waals surface area contributed by atoms with Gasteiger partial charge in [-0.2, -0.15) is 9.57 Å². The molecule has 0 aromatic heterocycles. The van der Waals surface area contributed by atoms with Crippen molar-refractivity contribution in [1.82, 2.24) is 4.31 Å². The average molecular weight is 242 g/mol. The molecule has 2 aliphatic rings. The highest BCUT2D eigenvalue weighted by Crippen LogP contribution is 2.39. The summed E-state index contributed by atoms with van der Waals surface area (Å²) in [5.74, 6) is 0.832. The summed E-state index contributed by atoms with van der Waals surface area (Å²) in [5.41, 5.74) is -0.734. The molecule has 0 atom stereocenters. The molecule has 0 radical (unpaired) electrons. The lowest BCUT2D eigenvalue weighted by Crippen LogP contribution is -2.50. The quantitative estimate of drug-likeness (QED) is 0.700. The van der Waals surface area contributed by atoms with E-state index in [0.717, 1.165) is 12.8 Å². The normalized spacial score (nSPS) is 39.4. The molecule has 1 aliphatic heterocycles. The molecule has 1 saturated heterocycles. The first kappa shape index (κ1) is 11.9. The van der Waals surface area contributed by atoms with Crippen LogP contribution in [0.4, 0.5) is 0 Å². The van der Waals surface area contributed by atoms with Crippen LogP contribution in [0.3, 0.4) is 0 Å². The molecule has 90 valence electrons. The molecule has 5 heteroatoms. The van der Waals surface area contributed by atoms with Crippen LogP contribution in [0.25, 0.3) is 0 Å². The van der Waals surface area contributed by atoms with Crippen molar-refractivity contribution >= 4 is 10.0 Å². The van der Waals surface area contributed by atoms with Crippen molar-refractivity contribution in [2.24, 2.45) is 5.92 Å². The zero-order valence-electron chi connectivity index (χ0n) is 9.65. The van der Waals surface area contributed by atoms with Gasteiger partial charge in [-0.05, 0) is 38.0 Å². The third-order valence-electron chi connectivity index (χ3n) is 3.89. The number of hydrogen-bond acceptors (Lipinski definition) is 3. The highest BCUT2D eigenvalue weighted by molar-refractivity contribution is 7.89. The molecule has 2 rings (SSSR count). The molecule has 0 spiro atoms. The van der Waals surface area contributed by atoms with Crippen LogP contribution < -0.4 is 0 Å². The van der Waals surface area contributed by atoms with Gasteiger partial charge < -0.3 is 0 Å². The molecule has 4 nitrogen and oxygen atoms in total. The van der Waals surface area contributed by atoms with Crippen molar-refractivity contribution in [3.63, 3.8) is 0 Å². The molecule has 0 bridgehead atoms. The zero-order chi connectivity index (χ0) is 11.8. The van der Waals surface area contributed by atoms with Crippen LogP contribution >= 0.6 is 0 Å². The number of nitriles is 1. The minimum absolute atomic E-state index is 0.214. The van der Waals surface area contributed by atoms with E-state index < -0.39 is 15.6 Å². The molecule has 1 aliphatic carbocycles. The molecular formula is C11H18N2O2S. The van der Waals surface area contributed by atoms with E-state index in [4.69, 9.17) is 0 Å². The molecule has 1 heterocycles. The standard InChI is InChI=1S/C11H18N2O2S/c1-10-3-5-11(9-12,6-4-10)13-7-2-8-16(13,14)15/h10H,2-8H2,1H3. The predicted octanol–water partition coefficient (Wildman–Crippen LogP) is 1.49. The molecule has 0 aromatic carbocycles. The van der Waals surface area contributed by atoms with Gasteiger partial charge in [-0.3, -0.25) is 0 Å². The largest absolute Gasteiger partial charge is 0.215 e. The Bertz CT molecular complexity index is 402. The third-order valence-corrected chi connectivity index (χ3v) is 5.89. The fraction of sp³-hybridized carbons (Fsp3) is 0.909. The van der Waals surface area contributed by atoms with Crippen LogP contribution in [0.5, 0.6) is 0 Å². The van der Waals surface area contributed by atoms with Crippen LogP contribution in [0.15, 0.2) is 0 Å². The van der Waals surface area contributed by atoms with Crippen molar-refractivity contribution in [3.8, 4) is 6.07 Å². The van der Waals surface area contributed by atoms with Gasteiger partial charge >= 0.3 is 0 Å². The number of rotatable bonds is 1. The predicted molar refractivity (Wildman–Crippen MR) is 61.1 cm³/mol. The zero-order valence-corrected chi connectivity index (χ0v) is 10.5. The minimum atomic E-state index is -3.16. The summed E-state index contributed by atoms with van der Waals surface area (Å²) in [6.45, 7) is 2.70. The first-order valence-corrected chi connectivity index (χ1v) is 7.53. The fourth-order valence-corrected chi connectivity index (χ4v) is 4.65. The van der Waals surface area contributed by atoms with Gasteiger partial charge in [0.1, 0.15) is 5.54 Å². The second kappa shape index (κ2) is 4.01. The van der Waals surface area contributed by atoms with Crippen molar-refractivity contribution in [2.75, 3.05) is 12.3 Å². The lowest BCUT2D eigenvalue weighted by Gasteiger charge is -2.39. The number of hydrogen-bond donors (Lipinski definition) is 0. The summed E-state index contributed by atoms with van der Waals surface area (Å²) in [6, 6.07) is 2.28. The van der Waals surface area contributed by atoms with E-state index in [1.807, 2.05) is 0 Å². The molecule has 16 heavy (non-hydrogen) atoms. The summed E-state index contributed by atoms with van der Waals surface area (Å²) in [6.07, 6.45) is 3.98. The van der Waals surface area contributed by atoms with E-state index in [0.29, 0.717) is 31.7 Å². The van der Waals surface area contributed by atoms with Crippen molar-refractivity contribution < 1.29 is 8.42 Å². The number of sulfonamides is 1. The first-order valence-electron chi connectivity index (χ1n) is 5.92. The van der Waals surface area contributed by atoms with Crippen molar-refractivity contribution in [3.05, 3.63) is 0 Å². The van der Waals surface area contributed by atoms with Gasteiger partial charge in [-0.15, -0.1) is 0 Å². The summed E-state index contributed by atoms with van der Waals surface area (Å²) < 4.78 is 25.2. The van der Waals surface area contributed by atoms with E-state index in [-0.39, 0.29) is 5.75 Å². The van der Waals surface area contributed by atoms with Crippen LogP contribution in [-0.4, -0.2) is 30.6 Å². The van der Waals surface area contributed by atoms with Gasteiger partial charge in [0.25, 0.3) is 0 Å². The Morgan fingerprint density at radius 2 is 2.00 bits per heavy atom.